The summed E-state index contributed by atoms with van der Waals surface area (Å²) < 4.78 is 2.20. The highest BCUT2D eigenvalue weighted by Gasteiger charge is 2.29. The van der Waals surface area contributed by atoms with E-state index in [1.54, 1.807) is 11.3 Å². The lowest BCUT2D eigenvalue weighted by Gasteiger charge is -2.38. The predicted molar refractivity (Wildman–Crippen MR) is 84.6 cm³/mol. The van der Waals surface area contributed by atoms with E-state index >= 15 is 0 Å². The first kappa shape index (κ1) is 13.3. The molecule has 19 heavy (non-hydrogen) atoms. The van der Waals surface area contributed by atoms with Crippen LogP contribution in [0.3, 0.4) is 0 Å². The largest absolute Gasteiger partial charge is 0.350 e. The molecule has 0 spiro atoms. The van der Waals surface area contributed by atoms with Gasteiger partial charge in [-0.3, -0.25) is 4.40 Å². The number of nitrogens with two attached hydrogens (primary N) is 1. The zero-order valence-corrected chi connectivity index (χ0v) is 13.0. The molecule has 1 aliphatic rings. The van der Waals surface area contributed by atoms with Crippen molar-refractivity contribution >= 4 is 33.9 Å². The zero-order valence-electron chi connectivity index (χ0n) is 11.4. The number of thioether (sulfide) groups is 1. The normalized spacial score (nSPS) is 24.3. The topological polar surface area (TPSA) is 46.6 Å². The number of hydrogen-bond donors (Lipinski definition) is 1. The predicted octanol–water partition coefficient (Wildman–Crippen LogP) is 2.23. The molecule has 2 N–H and O–H groups in total. The van der Waals surface area contributed by atoms with E-state index in [0.717, 1.165) is 23.7 Å². The number of imidazole rings is 1. The second-order valence-electron chi connectivity index (χ2n) is 4.99. The Bertz CT molecular complexity index is 562. The van der Waals surface area contributed by atoms with Crippen molar-refractivity contribution in [1.29, 1.82) is 0 Å². The zero-order chi connectivity index (χ0) is 13.4. The smallest absolute Gasteiger partial charge is 0.195 e. The quantitative estimate of drug-likeness (QED) is 0.943. The fourth-order valence-corrected chi connectivity index (χ4v) is 4.48. The summed E-state index contributed by atoms with van der Waals surface area (Å²) in [7, 11) is 0. The third-order valence-corrected chi connectivity index (χ3v) is 5.97. The van der Waals surface area contributed by atoms with Gasteiger partial charge in [0.2, 0.25) is 0 Å². The van der Waals surface area contributed by atoms with E-state index in [9.17, 15) is 0 Å². The van der Waals surface area contributed by atoms with Gasteiger partial charge in [-0.1, -0.05) is 6.92 Å². The molecule has 3 rings (SSSR count). The minimum Gasteiger partial charge on any atom is -0.350 e. The van der Waals surface area contributed by atoms with Crippen LogP contribution < -0.4 is 10.6 Å². The van der Waals surface area contributed by atoms with Crippen molar-refractivity contribution in [2.75, 3.05) is 23.7 Å². The van der Waals surface area contributed by atoms with Crippen LogP contribution in [0, 0.1) is 0 Å². The Labute approximate surface area is 122 Å². The van der Waals surface area contributed by atoms with Gasteiger partial charge in [0.25, 0.3) is 0 Å². The summed E-state index contributed by atoms with van der Waals surface area (Å²) in [6, 6.07) is 0.528. The summed E-state index contributed by atoms with van der Waals surface area (Å²) in [5.41, 5.74) is 7.05. The summed E-state index contributed by atoms with van der Waals surface area (Å²) in [5.74, 6) is 2.33. The van der Waals surface area contributed by atoms with Crippen LogP contribution in [0.1, 0.15) is 19.5 Å². The third kappa shape index (κ3) is 2.26. The first-order chi connectivity index (χ1) is 9.22. The van der Waals surface area contributed by atoms with E-state index in [-0.39, 0.29) is 0 Å². The number of thiazole rings is 1. The van der Waals surface area contributed by atoms with E-state index in [1.165, 1.54) is 11.4 Å². The van der Waals surface area contributed by atoms with Gasteiger partial charge in [0.05, 0.1) is 5.69 Å². The molecule has 2 unspecified atom stereocenters. The van der Waals surface area contributed by atoms with Gasteiger partial charge in [-0.05, 0) is 13.5 Å². The molecule has 1 fully saturated rings. The van der Waals surface area contributed by atoms with Crippen LogP contribution in [0.25, 0.3) is 4.96 Å². The Balaban J connectivity index is 2.03. The summed E-state index contributed by atoms with van der Waals surface area (Å²) in [6.07, 6.45) is 2.99. The van der Waals surface area contributed by atoms with Gasteiger partial charge < -0.3 is 10.6 Å². The molecule has 104 valence electrons. The molecule has 2 aromatic heterocycles. The lowest BCUT2D eigenvalue weighted by atomic mass is 10.2. The molecular formula is C13H20N4S2. The molecule has 0 saturated carbocycles. The van der Waals surface area contributed by atoms with Crippen molar-refractivity contribution in [1.82, 2.24) is 9.38 Å². The summed E-state index contributed by atoms with van der Waals surface area (Å²) >= 11 is 3.75. The Morgan fingerprint density at radius 1 is 1.47 bits per heavy atom. The number of rotatable bonds is 3. The first-order valence-corrected chi connectivity index (χ1v) is 8.68. The van der Waals surface area contributed by atoms with Crippen LogP contribution in [0.4, 0.5) is 5.82 Å². The summed E-state index contributed by atoms with van der Waals surface area (Å²) in [4.78, 5) is 8.39. The number of anilines is 1. The average molecular weight is 296 g/mol. The average Bonchev–Trinajstić information content (AvgIpc) is 2.96. The van der Waals surface area contributed by atoms with Crippen molar-refractivity contribution in [3.63, 3.8) is 0 Å². The standard InChI is InChI=1S/C13H20N4S2/c1-9-10(2)18-7-5-16(9)12-11(3-4-14)17-6-8-19-13(17)15-12/h6,8-10H,3-5,7,14H2,1-2H3. The highest BCUT2D eigenvalue weighted by Crippen LogP contribution is 2.32. The van der Waals surface area contributed by atoms with Crippen LogP contribution in [0.15, 0.2) is 11.6 Å². The highest BCUT2D eigenvalue weighted by molar-refractivity contribution is 8.00. The van der Waals surface area contributed by atoms with Crippen LogP contribution >= 0.6 is 23.1 Å². The maximum absolute atomic E-state index is 5.78. The molecule has 1 aliphatic heterocycles. The summed E-state index contributed by atoms with van der Waals surface area (Å²) in [6.45, 7) is 6.36. The third-order valence-electron chi connectivity index (χ3n) is 3.88. The van der Waals surface area contributed by atoms with Crippen molar-refractivity contribution in [2.45, 2.75) is 31.6 Å². The Hall–Kier alpha value is -0.720. The van der Waals surface area contributed by atoms with Crippen LogP contribution in [0.5, 0.6) is 0 Å². The number of hydrogen-bond acceptors (Lipinski definition) is 5. The molecule has 0 aliphatic carbocycles. The van der Waals surface area contributed by atoms with Gasteiger partial charge in [-0.25, -0.2) is 4.98 Å². The van der Waals surface area contributed by atoms with Gasteiger partial charge in [0, 0.05) is 41.6 Å². The second kappa shape index (κ2) is 5.34. The molecule has 2 aromatic rings. The minimum absolute atomic E-state index is 0.528. The van der Waals surface area contributed by atoms with E-state index in [4.69, 9.17) is 10.7 Å². The SMILES string of the molecule is CC1SCCN(c2nc3sccn3c2CCN)C1C. The fourth-order valence-electron chi connectivity index (χ4n) is 2.65. The molecular weight excluding hydrogens is 276 g/mol. The van der Waals surface area contributed by atoms with Gasteiger partial charge in [0.1, 0.15) is 0 Å². The van der Waals surface area contributed by atoms with Crippen LogP contribution in [-0.2, 0) is 6.42 Å². The molecule has 1 saturated heterocycles. The van der Waals surface area contributed by atoms with E-state index < -0.39 is 0 Å². The molecule has 0 bridgehead atoms. The maximum atomic E-state index is 5.78. The second-order valence-corrected chi connectivity index (χ2v) is 7.34. The van der Waals surface area contributed by atoms with Crippen molar-refractivity contribution in [3.8, 4) is 0 Å². The number of aromatic nitrogens is 2. The molecule has 0 radical (unpaired) electrons. The Morgan fingerprint density at radius 3 is 3.11 bits per heavy atom. The van der Waals surface area contributed by atoms with Crippen molar-refractivity contribution in [2.24, 2.45) is 5.73 Å². The monoisotopic (exact) mass is 296 g/mol. The van der Waals surface area contributed by atoms with Gasteiger partial charge in [-0.2, -0.15) is 11.8 Å². The van der Waals surface area contributed by atoms with Crippen molar-refractivity contribution < 1.29 is 0 Å². The Kier molecular flexibility index (Phi) is 3.73. The molecule has 3 heterocycles. The number of nitrogens with zero attached hydrogens (tertiary/aromatic N) is 3. The van der Waals surface area contributed by atoms with E-state index in [1.807, 2.05) is 0 Å². The maximum Gasteiger partial charge on any atom is 0.195 e. The van der Waals surface area contributed by atoms with Crippen LogP contribution in [-0.4, -0.2) is 39.5 Å². The highest BCUT2D eigenvalue weighted by atomic mass is 32.2. The molecule has 4 nitrogen and oxygen atoms in total. The fraction of sp³-hybridized carbons (Fsp3) is 0.615. The lowest BCUT2D eigenvalue weighted by molar-refractivity contribution is 0.618. The minimum atomic E-state index is 0.528. The molecule has 2 atom stereocenters. The number of fused-ring (bicyclic) bond motifs is 1. The first-order valence-electron chi connectivity index (χ1n) is 6.75. The van der Waals surface area contributed by atoms with E-state index in [2.05, 4.69) is 46.5 Å². The van der Waals surface area contributed by atoms with E-state index in [0.29, 0.717) is 17.8 Å². The van der Waals surface area contributed by atoms with Gasteiger partial charge >= 0.3 is 0 Å². The van der Waals surface area contributed by atoms with Crippen molar-refractivity contribution in [3.05, 3.63) is 17.3 Å². The van der Waals surface area contributed by atoms with Gasteiger partial charge in [0.15, 0.2) is 10.8 Å². The van der Waals surface area contributed by atoms with Crippen LogP contribution in [0.2, 0.25) is 0 Å². The van der Waals surface area contributed by atoms with Gasteiger partial charge in [-0.15, -0.1) is 11.3 Å². The summed E-state index contributed by atoms with van der Waals surface area (Å²) in [5, 5.41) is 2.74. The molecule has 0 aromatic carbocycles. The Morgan fingerprint density at radius 2 is 2.32 bits per heavy atom. The molecule has 6 heteroatoms. The molecule has 0 amide bonds. The lowest BCUT2D eigenvalue weighted by Crippen LogP contribution is -2.45.